The lowest BCUT2D eigenvalue weighted by Crippen LogP contribution is -2.21. The van der Waals surface area contributed by atoms with Crippen molar-refractivity contribution in [1.82, 2.24) is 13.9 Å². The third-order valence-electron chi connectivity index (χ3n) is 2.50. The number of hydrogen-bond donors (Lipinski definition) is 2. The first kappa shape index (κ1) is 12.6. The predicted molar refractivity (Wildman–Crippen MR) is 69.1 cm³/mol. The molecule has 0 aliphatic carbocycles. The molecule has 0 radical (unpaired) electrons. The molecule has 2 aromatic rings. The van der Waals surface area contributed by atoms with Crippen molar-refractivity contribution in [3.63, 3.8) is 0 Å². The molecule has 6 nitrogen and oxygen atoms in total. The van der Waals surface area contributed by atoms with Crippen LogP contribution in [0.4, 0.5) is 5.00 Å². The van der Waals surface area contributed by atoms with E-state index in [1.807, 2.05) is 17.7 Å². The maximum absolute atomic E-state index is 11.1. The number of aryl methyl sites for hydroxylation is 1. The number of carbonyl (C=O) groups is 1. The van der Waals surface area contributed by atoms with Gasteiger partial charge in [0.1, 0.15) is 10.6 Å². The van der Waals surface area contributed by atoms with Crippen LogP contribution in [-0.4, -0.2) is 31.0 Å². The Hall–Kier alpha value is -1.89. The molecule has 2 rings (SSSR count). The second kappa shape index (κ2) is 5.18. The number of nitrogens with one attached hydrogen (secondary N) is 1. The fourth-order valence-electron chi connectivity index (χ4n) is 1.70. The fourth-order valence-corrected chi connectivity index (χ4v) is 2.60. The molecule has 0 fully saturated rings. The molecule has 0 aliphatic rings. The maximum Gasteiger partial charge on any atom is 0.340 e. The van der Waals surface area contributed by atoms with Crippen molar-refractivity contribution < 1.29 is 9.90 Å². The van der Waals surface area contributed by atoms with Gasteiger partial charge in [-0.05, 0) is 25.4 Å². The lowest BCUT2D eigenvalue weighted by Gasteiger charge is -2.14. The van der Waals surface area contributed by atoms with E-state index < -0.39 is 5.97 Å². The summed E-state index contributed by atoms with van der Waals surface area (Å²) in [5, 5.41) is 12.9. The van der Waals surface area contributed by atoms with E-state index in [-0.39, 0.29) is 11.6 Å². The van der Waals surface area contributed by atoms with Crippen LogP contribution < -0.4 is 5.32 Å². The SMILES string of the molecule is Cc1nsc(NC(C)Cn2ccnc2)c1C(=O)O. The Morgan fingerprint density at radius 2 is 2.44 bits per heavy atom. The van der Waals surface area contributed by atoms with E-state index in [4.69, 9.17) is 5.11 Å². The standard InChI is InChI=1S/C11H14N4O2S/c1-7(5-15-4-3-12-6-15)13-10-9(11(16)17)8(2)14-18-10/h3-4,6-7,13H,5H2,1-2H3,(H,16,17). The van der Waals surface area contributed by atoms with E-state index in [2.05, 4.69) is 14.7 Å². The number of carboxylic acids is 1. The monoisotopic (exact) mass is 266 g/mol. The molecule has 0 spiro atoms. The summed E-state index contributed by atoms with van der Waals surface area (Å²) in [6.07, 6.45) is 5.31. The van der Waals surface area contributed by atoms with Gasteiger partial charge in [-0.15, -0.1) is 0 Å². The number of nitrogens with zero attached hydrogens (tertiary/aromatic N) is 3. The highest BCUT2D eigenvalue weighted by Gasteiger charge is 2.18. The second-order valence-corrected chi connectivity index (χ2v) is 4.86. The topological polar surface area (TPSA) is 80.0 Å². The van der Waals surface area contributed by atoms with Crippen LogP contribution in [-0.2, 0) is 6.54 Å². The average molecular weight is 266 g/mol. The van der Waals surface area contributed by atoms with E-state index in [9.17, 15) is 4.79 Å². The van der Waals surface area contributed by atoms with Crippen LogP contribution in [0.25, 0.3) is 0 Å². The van der Waals surface area contributed by atoms with Crippen molar-refractivity contribution >= 4 is 22.5 Å². The summed E-state index contributed by atoms with van der Waals surface area (Å²) in [6.45, 7) is 4.41. The molecule has 0 aliphatic heterocycles. The van der Waals surface area contributed by atoms with E-state index >= 15 is 0 Å². The molecule has 2 N–H and O–H groups in total. The Labute approximate surface area is 108 Å². The highest BCUT2D eigenvalue weighted by atomic mass is 32.1. The minimum absolute atomic E-state index is 0.0946. The average Bonchev–Trinajstić information content (AvgIpc) is 2.88. The van der Waals surface area contributed by atoms with Crippen LogP contribution in [0.1, 0.15) is 23.0 Å². The quantitative estimate of drug-likeness (QED) is 0.863. The number of anilines is 1. The minimum Gasteiger partial charge on any atom is -0.478 e. The summed E-state index contributed by atoms with van der Waals surface area (Å²) in [5.41, 5.74) is 0.808. The van der Waals surface area contributed by atoms with Crippen LogP contribution in [0.2, 0.25) is 0 Å². The smallest absolute Gasteiger partial charge is 0.340 e. The summed E-state index contributed by atoms with van der Waals surface area (Å²) >= 11 is 1.18. The van der Waals surface area contributed by atoms with E-state index in [0.29, 0.717) is 10.7 Å². The van der Waals surface area contributed by atoms with Crippen molar-refractivity contribution in [1.29, 1.82) is 0 Å². The Bertz CT molecular complexity index is 535. The van der Waals surface area contributed by atoms with Crippen LogP contribution in [0, 0.1) is 6.92 Å². The minimum atomic E-state index is -0.946. The molecule has 0 saturated heterocycles. The first-order valence-electron chi connectivity index (χ1n) is 5.49. The van der Waals surface area contributed by atoms with Crippen molar-refractivity contribution in [2.45, 2.75) is 26.4 Å². The van der Waals surface area contributed by atoms with E-state index in [1.54, 1.807) is 19.4 Å². The molecule has 1 unspecified atom stereocenters. The highest BCUT2D eigenvalue weighted by Crippen LogP contribution is 2.25. The van der Waals surface area contributed by atoms with E-state index in [1.165, 1.54) is 11.5 Å². The number of imidazole rings is 1. The summed E-state index contributed by atoms with van der Waals surface area (Å²) in [7, 11) is 0. The number of hydrogen-bond acceptors (Lipinski definition) is 5. The number of aromatic carboxylic acids is 1. The maximum atomic E-state index is 11.1. The van der Waals surface area contributed by atoms with Crippen molar-refractivity contribution in [2.75, 3.05) is 5.32 Å². The molecular formula is C11H14N4O2S. The van der Waals surface area contributed by atoms with Crippen molar-refractivity contribution in [3.05, 3.63) is 30.0 Å². The molecule has 18 heavy (non-hydrogen) atoms. The lowest BCUT2D eigenvalue weighted by molar-refractivity contribution is 0.0697. The first-order chi connectivity index (χ1) is 8.58. The second-order valence-electron chi connectivity index (χ2n) is 4.08. The van der Waals surface area contributed by atoms with Gasteiger partial charge in [0.15, 0.2) is 0 Å². The summed E-state index contributed by atoms with van der Waals surface area (Å²) in [6, 6.07) is 0.0946. The number of rotatable bonds is 5. The number of carboxylic acid groups (broad SMARTS) is 1. The Morgan fingerprint density at radius 1 is 1.67 bits per heavy atom. The Kier molecular flexibility index (Phi) is 3.61. The molecule has 1 atom stereocenters. The first-order valence-corrected chi connectivity index (χ1v) is 6.27. The summed E-state index contributed by atoms with van der Waals surface area (Å²) < 4.78 is 6.00. The molecule has 96 valence electrons. The van der Waals surface area contributed by atoms with Gasteiger partial charge in [-0.3, -0.25) is 0 Å². The summed E-state index contributed by atoms with van der Waals surface area (Å²) in [5.74, 6) is -0.946. The van der Waals surface area contributed by atoms with Gasteiger partial charge in [0.2, 0.25) is 0 Å². The largest absolute Gasteiger partial charge is 0.478 e. The highest BCUT2D eigenvalue weighted by molar-refractivity contribution is 7.10. The molecule has 0 saturated carbocycles. The van der Waals surface area contributed by atoms with Gasteiger partial charge in [0.25, 0.3) is 0 Å². The van der Waals surface area contributed by atoms with Crippen LogP contribution in [0.5, 0.6) is 0 Å². The molecule has 0 amide bonds. The zero-order chi connectivity index (χ0) is 13.1. The zero-order valence-corrected chi connectivity index (χ0v) is 10.9. The predicted octanol–water partition coefficient (Wildman–Crippen LogP) is 1.85. The van der Waals surface area contributed by atoms with E-state index in [0.717, 1.165) is 6.54 Å². The van der Waals surface area contributed by atoms with Gasteiger partial charge in [-0.25, -0.2) is 9.78 Å². The van der Waals surface area contributed by atoms with Crippen LogP contribution in [0.3, 0.4) is 0 Å². The molecular weight excluding hydrogens is 252 g/mol. The third-order valence-corrected chi connectivity index (χ3v) is 3.37. The summed E-state index contributed by atoms with van der Waals surface area (Å²) in [4.78, 5) is 15.1. The van der Waals surface area contributed by atoms with Crippen LogP contribution in [0.15, 0.2) is 18.7 Å². The molecule has 0 bridgehead atoms. The Morgan fingerprint density at radius 3 is 3.06 bits per heavy atom. The van der Waals surface area contributed by atoms with Crippen LogP contribution >= 0.6 is 11.5 Å². The van der Waals surface area contributed by atoms with Gasteiger partial charge < -0.3 is 15.0 Å². The van der Waals surface area contributed by atoms with Crippen molar-refractivity contribution in [3.8, 4) is 0 Å². The molecule has 2 aromatic heterocycles. The molecule has 7 heteroatoms. The van der Waals surface area contributed by atoms with Crippen molar-refractivity contribution in [2.24, 2.45) is 0 Å². The zero-order valence-electron chi connectivity index (χ0n) is 10.1. The Balaban J connectivity index is 2.07. The lowest BCUT2D eigenvalue weighted by atomic mass is 10.2. The number of aromatic nitrogens is 3. The van der Waals surface area contributed by atoms with Gasteiger partial charge >= 0.3 is 5.97 Å². The fraction of sp³-hybridized carbons (Fsp3) is 0.364. The van der Waals surface area contributed by atoms with Gasteiger partial charge in [0, 0.05) is 25.0 Å². The third kappa shape index (κ3) is 2.67. The normalized spacial score (nSPS) is 12.3. The molecule has 0 aromatic carbocycles. The van der Waals surface area contributed by atoms with Gasteiger partial charge in [0.05, 0.1) is 12.0 Å². The van der Waals surface area contributed by atoms with Gasteiger partial charge in [-0.1, -0.05) is 0 Å². The molecule has 2 heterocycles. The van der Waals surface area contributed by atoms with Gasteiger partial charge in [-0.2, -0.15) is 4.37 Å².